The van der Waals surface area contributed by atoms with E-state index in [1.54, 1.807) is 25.1 Å². The summed E-state index contributed by atoms with van der Waals surface area (Å²) >= 11 is 1.29. The van der Waals surface area contributed by atoms with Crippen LogP contribution in [0.15, 0.2) is 29.4 Å². The summed E-state index contributed by atoms with van der Waals surface area (Å²) in [4.78, 5) is 11.4. The van der Waals surface area contributed by atoms with Gasteiger partial charge in [-0.05, 0) is 31.9 Å². The molecule has 0 aliphatic heterocycles. The fourth-order valence-corrected chi connectivity index (χ4v) is 3.94. The average molecular weight is 348 g/mol. The van der Waals surface area contributed by atoms with E-state index >= 15 is 0 Å². The van der Waals surface area contributed by atoms with Crippen LogP contribution in [0.3, 0.4) is 0 Å². The monoisotopic (exact) mass is 348 g/mol. The maximum Gasteiger partial charge on any atom is 0.230 e. The van der Waals surface area contributed by atoms with Gasteiger partial charge in [-0.2, -0.15) is 0 Å². The smallest absolute Gasteiger partial charge is 0.230 e. The van der Waals surface area contributed by atoms with Crippen molar-refractivity contribution >= 4 is 17.7 Å². The first-order valence-corrected chi connectivity index (χ1v) is 9.11. The lowest BCUT2D eigenvalue weighted by Crippen LogP contribution is -2.23. The third kappa shape index (κ3) is 3.45. The number of aromatic nitrogens is 3. The first-order chi connectivity index (χ1) is 11.6. The zero-order valence-electron chi connectivity index (χ0n) is 13.6. The molecule has 1 aliphatic carbocycles. The minimum absolute atomic E-state index is 0.228. The average Bonchev–Trinajstić information content (AvgIpc) is 2.99. The highest BCUT2D eigenvalue weighted by Gasteiger charge is 2.26. The molecule has 2 N–H and O–H groups in total. The lowest BCUT2D eigenvalue weighted by Gasteiger charge is -2.26. The van der Waals surface area contributed by atoms with Gasteiger partial charge in [0, 0.05) is 6.04 Å². The van der Waals surface area contributed by atoms with E-state index in [0.717, 1.165) is 25.7 Å². The molecule has 1 amide bonds. The molecule has 24 heavy (non-hydrogen) atoms. The Bertz CT molecular complexity index is 727. The predicted molar refractivity (Wildman–Crippen MR) is 92.1 cm³/mol. The van der Waals surface area contributed by atoms with Crippen LogP contribution in [0, 0.1) is 5.82 Å². The highest BCUT2D eigenvalue weighted by Crippen LogP contribution is 2.37. The fraction of sp³-hybridized carbons (Fsp3) is 0.471. The second-order valence-electron chi connectivity index (χ2n) is 6.11. The van der Waals surface area contributed by atoms with Crippen LogP contribution >= 0.6 is 11.8 Å². The molecule has 1 aromatic heterocycles. The van der Waals surface area contributed by atoms with Gasteiger partial charge in [0.25, 0.3) is 0 Å². The summed E-state index contributed by atoms with van der Waals surface area (Å²) in [6.45, 7) is 1.75. The Balaban J connectivity index is 2.04. The summed E-state index contributed by atoms with van der Waals surface area (Å²) in [7, 11) is 0. The van der Waals surface area contributed by atoms with Gasteiger partial charge in [0.1, 0.15) is 5.82 Å². The van der Waals surface area contributed by atoms with E-state index in [1.807, 2.05) is 4.57 Å². The number of nitrogens with two attached hydrogens (primary N) is 1. The Morgan fingerprint density at radius 2 is 2.00 bits per heavy atom. The molecule has 2 aromatic rings. The maximum atomic E-state index is 14.3. The molecule has 1 aromatic carbocycles. The number of primary amides is 1. The summed E-state index contributed by atoms with van der Waals surface area (Å²) in [5.41, 5.74) is 5.82. The van der Waals surface area contributed by atoms with Crippen molar-refractivity contribution in [1.29, 1.82) is 0 Å². The van der Waals surface area contributed by atoms with Crippen molar-refractivity contribution in [2.75, 3.05) is 0 Å². The van der Waals surface area contributed by atoms with Crippen molar-refractivity contribution in [2.45, 2.75) is 55.5 Å². The van der Waals surface area contributed by atoms with Gasteiger partial charge >= 0.3 is 0 Å². The zero-order chi connectivity index (χ0) is 17.1. The van der Waals surface area contributed by atoms with E-state index in [0.29, 0.717) is 16.5 Å². The highest BCUT2D eigenvalue weighted by molar-refractivity contribution is 8.00. The number of carbonyl (C=O) groups excluding carboxylic acids is 1. The van der Waals surface area contributed by atoms with E-state index in [4.69, 9.17) is 5.73 Å². The summed E-state index contributed by atoms with van der Waals surface area (Å²) in [5.74, 6) is -0.189. The molecule has 128 valence electrons. The third-order valence-electron chi connectivity index (χ3n) is 4.40. The molecule has 0 unspecified atom stereocenters. The quantitative estimate of drug-likeness (QED) is 0.839. The number of benzene rings is 1. The molecular weight excluding hydrogens is 327 g/mol. The van der Waals surface area contributed by atoms with Gasteiger partial charge in [-0.3, -0.25) is 9.36 Å². The molecule has 0 bridgehead atoms. The van der Waals surface area contributed by atoms with Crippen LogP contribution in [-0.4, -0.2) is 25.9 Å². The Hall–Kier alpha value is -1.89. The molecule has 1 saturated carbocycles. The molecule has 1 heterocycles. The molecule has 0 spiro atoms. The number of halogens is 1. The van der Waals surface area contributed by atoms with Gasteiger partial charge < -0.3 is 5.73 Å². The molecule has 1 fully saturated rings. The van der Waals surface area contributed by atoms with Crippen molar-refractivity contribution in [3.63, 3.8) is 0 Å². The van der Waals surface area contributed by atoms with Crippen LogP contribution in [0.2, 0.25) is 0 Å². The van der Waals surface area contributed by atoms with E-state index < -0.39 is 11.2 Å². The fourth-order valence-electron chi connectivity index (χ4n) is 3.07. The molecular formula is C17H21FN4OS. The largest absolute Gasteiger partial charge is 0.369 e. The van der Waals surface area contributed by atoms with Gasteiger partial charge in [0.2, 0.25) is 5.91 Å². The molecule has 3 rings (SSSR count). The molecule has 0 radical (unpaired) electrons. The highest BCUT2D eigenvalue weighted by atomic mass is 32.2. The van der Waals surface area contributed by atoms with Crippen LogP contribution in [0.4, 0.5) is 4.39 Å². The minimum atomic E-state index is -0.412. The lowest BCUT2D eigenvalue weighted by atomic mass is 9.95. The van der Waals surface area contributed by atoms with Crippen LogP contribution < -0.4 is 5.73 Å². The van der Waals surface area contributed by atoms with Crippen molar-refractivity contribution in [3.8, 4) is 11.4 Å². The maximum absolute atomic E-state index is 14.3. The number of rotatable bonds is 5. The van der Waals surface area contributed by atoms with Gasteiger partial charge in [-0.25, -0.2) is 4.39 Å². The Labute approximate surface area is 144 Å². The zero-order valence-corrected chi connectivity index (χ0v) is 14.4. The second-order valence-corrected chi connectivity index (χ2v) is 7.42. The van der Waals surface area contributed by atoms with Gasteiger partial charge in [-0.15, -0.1) is 10.2 Å². The summed E-state index contributed by atoms with van der Waals surface area (Å²) in [5, 5.41) is 8.69. The van der Waals surface area contributed by atoms with Gasteiger partial charge in [-0.1, -0.05) is 43.2 Å². The second kappa shape index (κ2) is 7.34. The first-order valence-electron chi connectivity index (χ1n) is 8.23. The van der Waals surface area contributed by atoms with Crippen molar-refractivity contribution in [2.24, 2.45) is 5.73 Å². The number of amides is 1. The van der Waals surface area contributed by atoms with E-state index in [1.165, 1.54) is 24.2 Å². The Morgan fingerprint density at radius 3 is 2.67 bits per heavy atom. The van der Waals surface area contributed by atoms with Gasteiger partial charge in [0.05, 0.1) is 10.8 Å². The van der Waals surface area contributed by atoms with Crippen LogP contribution in [0.1, 0.15) is 45.1 Å². The molecule has 5 nitrogen and oxygen atoms in total. The van der Waals surface area contributed by atoms with Crippen molar-refractivity contribution in [1.82, 2.24) is 14.8 Å². The Kier molecular flexibility index (Phi) is 5.18. The van der Waals surface area contributed by atoms with Crippen LogP contribution in [-0.2, 0) is 4.79 Å². The number of hydrogen-bond acceptors (Lipinski definition) is 4. The number of thioether (sulfide) groups is 1. The lowest BCUT2D eigenvalue weighted by molar-refractivity contribution is -0.117. The van der Waals surface area contributed by atoms with Crippen molar-refractivity contribution < 1.29 is 9.18 Å². The molecule has 1 aliphatic rings. The first kappa shape index (κ1) is 17.0. The van der Waals surface area contributed by atoms with E-state index in [-0.39, 0.29) is 11.9 Å². The van der Waals surface area contributed by atoms with Crippen LogP contribution in [0.25, 0.3) is 11.4 Å². The normalized spacial score (nSPS) is 16.9. The topological polar surface area (TPSA) is 73.8 Å². The summed E-state index contributed by atoms with van der Waals surface area (Å²) in [6, 6.07) is 6.81. The molecule has 0 saturated heterocycles. The van der Waals surface area contributed by atoms with Crippen molar-refractivity contribution in [3.05, 3.63) is 30.1 Å². The SMILES string of the molecule is C[C@H](Sc1nnc(-c2ccccc2F)n1C1CCCCC1)C(N)=O. The number of nitrogens with zero attached hydrogens (tertiary/aromatic N) is 3. The minimum Gasteiger partial charge on any atom is -0.369 e. The van der Waals surface area contributed by atoms with E-state index in [9.17, 15) is 9.18 Å². The predicted octanol–water partition coefficient (Wildman–Crippen LogP) is 3.56. The third-order valence-corrected chi connectivity index (χ3v) is 5.48. The Morgan fingerprint density at radius 1 is 1.29 bits per heavy atom. The summed E-state index contributed by atoms with van der Waals surface area (Å²) < 4.78 is 16.3. The molecule has 7 heteroatoms. The van der Waals surface area contributed by atoms with E-state index in [2.05, 4.69) is 10.2 Å². The molecule has 1 atom stereocenters. The number of hydrogen-bond donors (Lipinski definition) is 1. The standard InChI is InChI=1S/C17H21FN4OS/c1-11(15(19)23)24-17-21-20-16(13-9-5-6-10-14(13)18)22(17)12-7-3-2-4-8-12/h5-6,9-12H,2-4,7-8H2,1H3,(H2,19,23)/t11-/m0/s1. The van der Waals surface area contributed by atoms with Gasteiger partial charge in [0.15, 0.2) is 11.0 Å². The number of carbonyl (C=O) groups is 1. The van der Waals surface area contributed by atoms with Crippen LogP contribution in [0.5, 0.6) is 0 Å². The summed E-state index contributed by atoms with van der Waals surface area (Å²) in [6.07, 6.45) is 5.51.